The van der Waals surface area contributed by atoms with E-state index in [9.17, 15) is 9.59 Å². The van der Waals surface area contributed by atoms with Crippen LogP contribution in [-0.2, 0) is 14.3 Å². The minimum atomic E-state index is -0.447. The number of methoxy groups -OCH3 is 1. The number of ether oxygens (including phenoxy) is 2. The highest BCUT2D eigenvalue weighted by molar-refractivity contribution is 5.97. The molecule has 0 bridgehead atoms. The van der Waals surface area contributed by atoms with Crippen molar-refractivity contribution in [3.8, 4) is 5.75 Å². The predicted octanol–water partition coefficient (Wildman–Crippen LogP) is 1.64. The Labute approximate surface area is 93.2 Å². The fourth-order valence-corrected chi connectivity index (χ4v) is 1.69. The number of carbonyl (C=O) groups is 2. The van der Waals surface area contributed by atoms with Crippen molar-refractivity contribution in [3.63, 3.8) is 0 Å². The van der Waals surface area contributed by atoms with E-state index < -0.39 is 12.1 Å². The molecule has 1 heterocycles. The maximum Gasteiger partial charge on any atom is 0.313 e. The van der Waals surface area contributed by atoms with Gasteiger partial charge in [-0.25, -0.2) is 0 Å². The third-order valence-electron chi connectivity index (χ3n) is 2.52. The van der Waals surface area contributed by atoms with Crippen LogP contribution in [0.2, 0.25) is 0 Å². The molecule has 0 aliphatic carbocycles. The second-order valence-corrected chi connectivity index (χ2v) is 3.67. The summed E-state index contributed by atoms with van der Waals surface area (Å²) in [5.41, 5.74) is 0.821. The Morgan fingerprint density at radius 1 is 1.25 bits per heavy atom. The number of ketones is 1. The maximum atomic E-state index is 11.3. The summed E-state index contributed by atoms with van der Waals surface area (Å²) in [4.78, 5) is 22.4. The molecule has 1 aliphatic heterocycles. The molecular formula is C12H12O4. The molecule has 4 heteroatoms. The number of Topliss-reactive ketones (excluding diaryl/α,β-unsaturated/α-hetero) is 1. The molecule has 0 radical (unpaired) electrons. The van der Waals surface area contributed by atoms with Gasteiger partial charge in [-0.2, -0.15) is 0 Å². The van der Waals surface area contributed by atoms with E-state index in [0.29, 0.717) is 0 Å². The first-order valence-corrected chi connectivity index (χ1v) is 5.04. The normalized spacial score (nSPS) is 20.4. The Hall–Kier alpha value is -1.84. The van der Waals surface area contributed by atoms with Gasteiger partial charge in [-0.3, -0.25) is 9.59 Å². The van der Waals surface area contributed by atoms with Gasteiger partial charge in [0, 0.05) is 6.42 Å². The van der Waals surface area contributed by atoms with Crippen LogP contribution in [-0.4, -0.2) is 18.9 Å². The molecule has 0 aromatic heterocycles. The largest absolute Gasteiger partial charge is 0.497 e. The first-order valence-electron chi connectivity index (χ1n) is 5.04. The van der Waals surface area contributed by atoms with E-state index in [1.807, 2.05) is 0 Å². The lowest BCUT2D eigenvalue weighted by Gasteiger charge is -2.21. The zero-order chi connectivity index (χ0) is 11.5. The smallest absolute Gasteiger partial charge is 0.313 e. The molecule has 16 heavy (non-hydrogen) atoms. The minimum absolute atomic E-state index is 0.0722. The number of hydrogen-bond acceptors (Lipinski definition) is 4. The molecule has 0 saturated carbocycles. The Morgan fingerprint density at radius 3 is 2.50 bits per heavy atom. The van der Waals surface area contributed by atoms with E-state index >= 15 is 0 Å². The summed E-state index contributed by atoms with van der Waals surface area (Å²) in [6, 6.07) is 7.16. The minimum Gasteiger partial charge on any atom is -0.497 e. The SMILES string of the molecule is COc1ccc(C2CC(=O)CC(=O)O2)cc1. The fourth-order valence-electron chi connectivity index (χ4n) is 1.69. The Balaban J connectivity index is 2.16. The summed E-state index contributed by atoms with van der Waals surface area (Å²) in [5, 5.41) is 0. The van der Waals surface area contributed by atoms with Crippen molar-refractivity contribution >= 4 is 11.8 Å². The van der Waals surface area contributed by atoms with Crippen LogP contribution < -0.4 is 4.74 Å². The maximum absolute atomic E-state index is 11.3. The van der Waals surface area contributed by atoms with Crippen LogP contribution >= 0.6 is 0 Å². The molecule has 2 rings (SSSR count). The average Bonchev–Trinajstić information content (AvgIpc) is 2.28. The summed E-state index contributed by atoms with van der Waals surface area (Å²) in [6.45, 7) is 0. The molecule has 4 nitrogen and oxygen atoms in total. The van der Waals surface area contributed by atoms with Gasteiger partial charge < -0.3 is 9.47 Å². The summed E-state index contributed by atoms with van der Waals surface area (Å²) >= 11 is 0. The Morgan fingerprint density at radius 2 is 1.94 bits per heavy atom. The van der Waals surface area contributed by atoms with Crippen LogP contribution in [0.25, 0.3) is 0 Å². The van der Waals surface area contributed by atoms with Crippen LogP contribution in [0.15, 0.2) is 24.3 Å². The molecule has 1 aromatic carbocycles. The van der Waals surface area contributed by atoms with Crippen molar-refractivity contribution in [2.75, 3.05) is 7.11 Å². The molecule has 1 atom stereocenters. The van der Waals surface area contributed by atoms with Gasteiger partial charge in [-0.15, -0.1) is 0 Å². The Bertz CT molecular complexity index is 392. The molecule has 1 fully saturated rings. The third-order valence-corrected chi connectivity index (χ3v) is 2.52. The lowest BCUT2D eigenvalue weighted by molar-refractivity contribution is -0.158. The molecule has 0 N–H and O–H groups in total. The quantitative estimate of drug-likeness (QED) is 0.561. The van der Waals surface area contributed by atoms with Crippen LogP contribution in [0.1, 0.15) is 24.5 Å². The number of carbonyl (C=O) groups excluding carboxylic acids is 2. The van der Waals surface area contributed by atoms with E-state index in [-0.39, 0.29) is 18.6 Å². The average molecular weight is 220 g/mol. The first kappa shape index (κ1) is 10.7. The highest BCUT2D eigenvalue weighted by Crippen LogP contribution is 2.27. The number of benzene rings is 1. The molecule has 1 saturated heterocycles. The van der Waals surface area contributed by atoms with E-state index in [4.69, 9.17) is 9.47 Å². The van der Waals surface area contributed by atoms with Crippen molar-refractivity contribution in [2.24, 2.45) is 0 Å². The second-order valence-electron chi connectivity index (χ2n) is 3.67. The highest BCUT2D eigenvalue weighted by Gasteiger charge is 2.27. The highest BCUT2D eigenvalue weighted by atomic mass is 16.5. The summed E-state index contributed by atoms with van der Waals surface area (Å²) in [7, 11) is 1.58. The summed E-state index contributed by atoms with van der Waals surface area (Å²) < 4.78 is 10.1. The van der Waals surface area contributed by atoms with Crippen LogP contribution in [0, 0.1) is 0 Å². The fraction of sp³-hybridized carbons (Fsp3) is 0.333. The molecule has 84 valence electrons. The zero-order valence-electron chi connectivity index (χ0n) is 8.93. The molecule has 0 spiro atoms. The number of rotatable bonds is 2. The lowest BCUT2D eigenvalue weighted by atomic mass is 10.0. The zero-order valence-corrected chi connectivity index (χ0v) is 8.93. The van der Waals surface area contributed by atoms with Gasteiger partial charge in [0.05, 0.1) is 7.11 Å². The van der Waals surface area contributed by atoms with Crippen LogP contribution in [0.5, 0.6) is 5.75 Å². The molecule has 1 aliphatic rings. The van der Waals surface area contributed by atoms with Gasteiger partial charge >= 0.3 is 5.97 Å². The Kier molecular flexibility index (Phi) is 2.90. The summed E-state index contributed by atoms with van der Waals surface area (Å²) in [5.74, 6) is 0.214. The molecule has 1 aromatic rings. The first-order chi connectivity index (χ1) is 7.69. The van der Waals surface area contributed by atoms with E-state index in [1.54, 1.807) is 31.4 Å². The van der Waals surface area contributed by atoms with Gasteiger partial charge in [-0.05, 0) is 17.7 Å². The van der Waals surface area contributed by atoms with E-state index in [2.05, 4.69) is 0 Å². The van der Waals surface area contributed by atoms with Crippen LogP contribution in [0.4, 0.5) is 0 Å². The topological polar surface area (TPSA) is 52.6 Å². The number of cyclic esters (lactones) is 1. The second kappa shape index (κ2) is 4.35. The van der Waals surface area contributed by atoms with Crippen molar-refractivity contribution in [2.45, 2.75) is 18.9 Å². The number of hydrogen-bond donors (Lipinski definition) is 0. The van der Waals surface area contributed by atoms with Gasteiger partial charge in [0.15, 0.2) is 0 Å². The predicted molar refractivity (Wildman–Crippen MR) is 56.1 cm³/mol. The molecule has 1 unspecified atom stereocenters. The summed E-state index contributed by atoms with van der Waals surface area (Å²) in [6.07, 6.45) is -0.287. The van der Waals surface area contributed by atoms with Gasteiger partial charge in [-0.1, -0.05) is 12.1 Å². The van der Waals surface area contributed by atoms with E-state index in [1.165, 1.54) is 0 Å². The van der Waals surface area contributed by atoms with Crippen molar-refractivity contribution in [1.29, 1.82) is 0 Å². The van der Waals surface area contributed by atoms with Gasteiger partial charge in [0.2, 0.25) is 0 Å². The molecular weight excluding hydrogens is 208 g/mol. The molecule has 0 amide bonds. The standard InChI is InChI=1S/C12H12O4/c1-15-10-4-2-8(3-5-10)11-6-9(13)7-12(14)16-11/h2-5,11H,6-7H2,1H3. The van der Waals surface area contributed by atoms with Crippen LogP contribution in [0.3, 0.4) is 0 Å². The van der Waals surface area contributed by atoms with Gasteiger partial charge in [0.25, 0.3) is 0 Å². The van der Waals surface area contributed by atoms with Crippen molar-refractivity contribution < 1.29 is 19.1 Å². The third kappa shape index (κ3) is 2.21. The van der Waals surface area contributed by atoms with Crippen molar-refractivity contribution in [3.05, 3.63) is 29.8 Å². The number of esters is 1. The van der Waals surface area contributed by atoms with Gasteiger partial charge in [0.1, 0.15) is 24.1 Å². The lowest BCUT2D eigenvalue weighted by Crippen LogP contribution is -2.24. The monoisotopic (exact) mass is 220 g/mol. The van der Waals surface area contributed by atoms with E-state index in [0.717, 1.165) is 11.3 Å². The van der Waals surface area contributed by atoms with Crippen molar-refractivity contribution in [1.82, 2.24) is 0 Å².